The Morgan fingerprint density at radius 3 is 1.60 bits per heavy atom. The van der Waals surface area contributed by atoms with E-state index in [1.807, 2.05) is 52.0 Å². The summed E-state index contributed by atoms with van der Waals surface area (Å²) in [5, 5.41) is 6.79. The van der Waals surface area contributed by atoms with E-state index in [1.54, 1.807) is 32.4 Å². The molecule has 6 aromatic rings. The van der Waals surface area contributed by atoms with Gasteiger partial charge in [-0.3, -0.25) is 0 Å². The minimum absolute atomic E-state index is 0.289. The van der Waals surface area contributed by atoms with E-state index in [9.17, 15) is 8.42 Å². The van der Waals surface area contributed by atoms with Crippen LogP contribution < -0.4 is 0 Å². The van der Waals surface area contributed by atoms with Gasteiger partial charge in [0.1, 0.15) is 15.4 Å². The quantitative estimate of drug-likeness (QED) is 0.137. The van der Waals surface area contributed by atoms with Gasteiger partial charge in [-0.1, -0.05) is 73.9 Å². The van der Waals surface area contributed by atoms with Gasteiger partial charge in [-0.25, -0.2) is 8.42 Å². The second kappa shape index (κ2) is 12.1. The summed E-state index contributed by atoms with van der Waals surface area (Å²) in [7, 11) is -0.414. The van der Waals surface area contributed by atoms with E-state index in [1.165, 1.54) is 11.3 Å². The first-order valence-corrected chi connectivity index (χ1v) is 17.9. The monoisotopic (exact) mass is 658 g/mol. The molecule has 6 heteroatoms. The van der Waals surface area contributed by atoms with Crippen LogP contribution in [0.1, 0.15) is 64.2 Å². The maximum absolute atomic E-state index is 13.9. The zero-order valence-corrected chi connectivity index (χ0v) is 29.7. The Labute approximate surface area is 281 Å². The minimum Gasteiger partial charge on any atom is -0.366 e. The van der Waals surface area contributed by atoms with Crippen LogP contribution in [0.15, 0.2) is 88.0 Å². The van der Waals surface area contributed by atoms with Crippen molar-refractivity contribution in [2.75, 3.05) is 14.2 Å². The summed E-state index contributed by atoms with van der Waals surface area (Å²) in [5.41, 5.74) is 1.46. The molecule has 0 fully saturated rings. The van der Waals surface area contributed by atoms with Crippen molar-refractivity contribution in [3.63, 3.8) is 0 Å². The fourth-order valence-corrected chi connectivity index (χ4v) is 8.32. The topological polar surface area (TPSA) is 52.6 Å². The van der Waals surface area contributed by atoms with Gasteiger partial charge in [0.25, 0.3) is 0 Å². The minimum atomic E-state index is -3.72. The zero-order chi connectivity index (χ0) is 33.7. The van der Waals surface area contributed by atoms with Gasteiger partial charge < -0.3 is 9.47 Å². The van der Waals surface area contributed by atoms with Crippen LogP contribution in [0.2, 0.25) is 0 Å². The van der Waals surface area contributed by atoms with Crippen molar-refractivity contribution < 1.29 is 17.9 Å². The molecule has 0 saturated heterocycles. The van der Waals surface area contributed by atoms with Gasteiger partial charge in [0, 0.05) is 35.4 Å². The molecule has 0 saturated carbocycles. The summed E-state index contributed by atoms with van der Waals surface area (Å²) in [6.07, 6.45) is 0. The molecule has 0 N–H and O–H groups in total. The normalized spacial score (nSPS) is 12.4. The number of hydrogen-bond acceptors (Lipinski definition) is 5. The molecule has 0 aliphatic carbocycles. The lowest BCUT2D eigenvalue weighted by molar-refractivity contribution is 0.0739. The molecule has 5 aromatic carbocycles. The molecular weight excluding hydrogens is 621 g/mol. The van der Waals surface area contributed by atoms with Crippen LogP contribution in [-0.2, 0) is 19.3 Å². The number of benzene rings is 5. The predicted molar refractivity (Wildman–Crippen MR) is 196 cm³/mol. The first-order chi connectivity index (χ1) is 22.2. The van der Waals surface area contributed by atoms with Gasteiger partial charge in [-0.05, 0) is 114 Å². The van der Waals surface area contributed by atoms with Crippen molar-refractivity contribution in [3.8, 4) is 23.7 Å². The molecule has 6 rings (SSSR count). The van der Waals surface area contributed by atoms with Gasteiger partial charge in [0.2, 0.25) is 9.84 Å². The highest BCUT2D eigenvalue weighted by molar-refractivity contribution is 7.93. The van der Waals surface area contributed by atoms with Crippen LogP contribution in [0.3, 0.4) is 0 Å². The molecule has 238 valence electrons. The van der Waals surface area contributed by atoms with E-state index < -0.39 is 21.0 Å². The molecule has 4 nitrogen and oxygen atoms in total. The Balaban J connectivity index is 1.71. The maximum atomic E-state index is 13.9. The van der Waals surface area contributed by atoms with E-state index in [0.717, 1.165) is 59.1 Å². The summed E-state index contributed by atoms with van der Waals surface area (Å²) in [4.78, 5) is 0.289. The van der Waals surface area contributed by atoms with Crippen LogP contribution in [0.25, 0.3) is 42.4 Å². The fraction of sp³-hybridized carbons (Fsp3) is 0.268. The molecular formula is C41H38O4S2. The number of fused-ring (bicyclic) bond motifs is 4. The lowest BCUT2D eigenvalue weighted by Gasteiger charge is -2.17. The highest BCUT2D eigenvalue weighted by Gasteiger charge is 2.23. The molecule has 1 heterocycles. The van der Waals surface area contributed by atoms with Gasteiger partial charge >= 0.3 is 0 Å². The molecule has 0 radical (unpaired) electrons. The number of thiophene rings is 1. The van der Waals surface area contributed by atoms with Crippen LogP contribution in [0, 0.1) is 23.7 Å². The highest BCUT2D eigenvalue weighted by Crippen LogP contribution is 2.41. The molecule has 1 aromatic heterocycles. The van der Waals surface area contributed by atoms with E-state index in [0.29, 0.717) is 10.1 Å². The standard InChI is InChI=1S/C41H38O4S2/c1-26(2)27-13-15-31(16-14-27)47(42,43)39-24-30-23-36-32(17-19-40(3,4)44-7)34-21-28-11-9-10-12-29(28)22-35(34)33(18-20-41(5,6)45-8)37(36)25-38(30)46-39/h9-16,21-26H,1-8H3. The van der Waals surface area contributed by atoms with Crippen LogP contribution in [0.4, 0.5) is 0 Å². The van der Waals surface area contributed by atoms with Crippen molar-refractivity contribution in [2.24, 2.45) is 0 Å². The molecule has 0 bridgehead atoms. The predicted octanol–water partition coefficient (Wildman–Crippen LogP) is 9.87. The maximum Gasteiger partial charge on any atom is 0.215 e. The molecule has 0 amide bonds. The third-order valence-corrected chi connectivity index (χ3v) is 12.1. The average molecular weight is 659 g/mol. The van der Waals surface area contributed by atoms with Gasteiger partial charge in [0.15, 0.2) is 0 Å². The van der Waals surface area contributed by atoms with E-state index >= 15 is 0 Å². The highest BCUT2D eigenvalue weighted by atomic mass is 32.2. The van der Waals surface area contributed by atoms with Crippen LogP contribution in [0.5, 0.6) is 0 Å². The molecule has 0 aliphatic rings. The second-order valence-electron chi connectivity index (χ2n) is 13.2. The summed E-state index contributed by atoms with van der Waals surface area (Å²) >= 11 is 1.28. The third-order valence-electron chi connectivity index (χ3n) is 8.72. The number of methoxy groups -OCH3 is 2. The van der Waals surface area contributed by atoms with Gasteiger partial charge in [-0.15, -0.1) is 11.3 Å². The Bertz CT molecular complexity index is 2290. The molecule has 0 aliphatic heterocycles. The van der Waals surface area contributed by atoms with Crippen molar-refractivity contribution in [3.05, 3.63) is 95.6 Å². The third kappa shape index (κ3) is 6.28. The Kier molecular flexibility index (Phi) is 8.45. The lowest BCUT2D eigenvalue weighted by Crippen LogP contribution is -2.19. The first-order valence-electron chi connectivity index (χ1n) is 15.6. The van der Waals surface area contributed by atoms with E-state index in [-0.39, 0.29) is 4.90 Å². The Morgan fingerprint density at radius 1 is 0.660 bits per heavy atom. The molecule has 0 unspecified atom stereocenters. The summed E-state index contributed by atoms with van der Waals surface area (Å²) in [5.74, 6) is 13.9. The van der Waals surface area contributed by atoms with Crippen molar-refractivity contribution >= 4 is 63.6 Å². The summed E-state index contributed by atoms with van der Waals surface area (Å²) in [6, 6.07) is 25.7. The van der Waals surface area contributed by atoms with Gasteiger partial charge in [-0.2, -0.15) is 0 Å². The summed E-state index contributed by atoms with van der Waals surface area (Å²) in [6.45, 7) is 11.9. The van der Waals surface area contributed by atoms with E-state index in [4.69, 9.17) is 9.47 Å². The molecule has 47 heavy (non-hydrogen) atoms. The molecule has 0 spiro atoms. The van der Waals surface area contributed by atoms with Gasteiger partial charge in [0.05, 0.1) is 4.90 Å². The number of rotatable bonds is 5. The van der Waals surface area contributed by atoms with E-state index in [2.05, 4.69) is 73.9 Å². The van der Waals surface area contributed by atoms with Crippen molar-refractivity contribution in [1.29, 1.82) is 0 Å². The van der Waals surface area contributed by atoms with Crippen LogP contribution in [-0.4, -0.2) is 33.8 Å². The fourth-order valence-electron chi connectivity index (χ4n) is 5.50. The van der Waals surface area contributed by atoms with Crippen molar-refractivity contribution in [1.82, 2.24) is 0 Å². The average Bonchev–Trinajstić information content (AvgIpc) is 3.48. The second-order valence-corrected chi connectivity index (χ2v) is 16.4. The summed E-state index contributed by atoms with van der Waals surface area (Å²) < 4.78 is 40.2. The SMILES string of the molecule is COC(C)(C)C#Cc1c2cc3ccccc3cc2c(C#CC(C)(C)OC)c2cc3sc(S(=O)(=O)c4ccc(C(C)C)cc4)cc3cc12. The number of ether oxygens (including phenoxy) is 2. The number of hydrogen-bond donors (Lipinski definition) is 0. The van der Waals surface area contributed by atoms with Crippen molar-refractivity contribution in [2.45, 2.75) is 67.8 Å². The first kappa shape index (κ1) is 32.8. The molecule has 0 atom stereocenters. The smallest absolute Gasteiger partial charge is 0.215 e. The lowest BCUT2D eigenvalue weighted by atomic mass is 9.89. The Morgan fingerprint density at radius 2 is 1.13 bits per heavy atom. The Hall–Kier alpha value is -4.17. The van der Waals surface area contributed by atoms with Crippen LogP contribution >= 0.6 is 11.3 Å². The zero-order valence-electron chi connectivity index (χ0n) is 28.0. The number of sulfone groups is 1. The largest absolute Gasteiger partial charge is 0.366 e.